The van der Waals surface area contributed by atoms with Crippen LogP contribution in [0.15, 0.2) is 60.7 Å². The Labute approximate surface area is 216 Å². The first-order chi connectivity index (χ1) is 17.3. The van der Waals surface area contributed by atoms with Crippen LogP contribution in [0.3, 0.4) is 0 Å². The summed E-state index contributed by atoms with van der Waals surface area (Å²) >= 11 is 0. The lowest BCUT2D eigenvalue weighted by Crippen LogP contribution is -2.11. The predicted octanol–water partition coefficient (Wildman–Crippen LogP) is 6.86. The number of aromatic hydroxyl groups is 1. The van der Waals surface area contributed by atoms with E-state index in [0.717, 1.165) is 24.2 Å². The van der Waals surface area contributed by atoms with E-state index >= 15 is 0 Å². The summed E-state index contributed by atoms with van der Waals surface area (Å²) in [6.07, 6.45) is 2.26. The summed E-state index contributed by atoms with van der Waals surface area (Å²) in [6.45, 7) is 11.2. The van der Waals surface area contributed by atoms with Crippen molar-refractivity contribution in [3.63, 3.8) is 0 Å². The van der Waals surface area contributed by atoms with Gasteiger partial charge >= 0.3 is 0 Å². The number of hydrogen-bond donors (Lipinski definition) is 3. The van der Waals surface area contributed by atoms with Crippen molar-refractivity contribution in [3.05, 3.63) is 88.5 Å². The van der Waals surface area contributed by atoms with Crippen molar-refractivity contribution in [3.8, 4) is 17.2 Å². The Bertz CT molecular complexity index is 1000. The normalized spacial score (nSPS) is 12.3. The van der Waals surface area contributed by atoms with Gasteiger partial charge in [-0.25, -0.2) is 0 Å². The third-order valence-electron chi connectivity index (χ3n) is 6.46. The number of phenolic OH excluding ortho intramolecular Hbond substituents is 1. The van der Waals surface area contributed by atoms with Gasteiger partial charge in [-0.2, -0.15) is 0 Å². The SMILES string of the molecule is CCC(C)c1ccc(O)cc1.CCC(C)c1ccc(OCCOc2c(CO)cc(C)cc2CO)cc1. The minimum absolute atomic E-state index is 0.123. The Morgan fingerprint density at radius 2 is 1.14 bits per heavy atom. The van der Waals surface area contributed by atoms with E-state index in [2.05, 4.69) is 39.8 Å². The van der Waals surface area contributed by atoms with E-state index < -0.39 is 0 Å². The molecule has 0 amide bonds. The van der Waals surface area contributed by atoms with Crippen molar-refractivity contribution in [2.75, 3.05) is 13.2 Å². The van der Waals surface area contributed by atoms with Gasteiger partial charge in [-0.15, -0.1) is 0 Å². The number of phenols is 1. The molecular weight excluding hydrogens is 452 g/mol. The fourth-order valence-electron chi connectivity index (χ4n) is 3.82. The molecule has 0 aliphatic heterocycles. The average molecular weight is 495 g/mol. The Morgan fingerprint density at radius 3 is 1.58 bits per heavy atom. The fourth-order valence-corrected chi connectivity index (χ4v) is 3.82. The summed E-state index contributed by atoms with van der Waals surface area (Å²) in [5.41, 5.74) is 4.96. The monoisotopic (exact) mass is 494 g/mol. The zero-order valence-electron chi connectivity index (χ0n) is 22.3. The molecule has 5 heteroatoms. The molecule has 0 radical (unpaired) electrons. The first kappa shape index (κ1) is 29.2. The van der Waals surface area contributed by atoms with E-state index in [9.17, 15) is 10.2 Å². The molecule has 36 heavy (non-hydrogen) atoms. The maximum Gasteiger partial charge on any atom is 0.130 e. The minimum atomic E-state index is -0.123. The molecule has 0 aromatic heterocycles. The largest absolute Gasteiger partial charge is 0.508 e. The van der Waals surface area contributed by atoms with Gasteiger partial charge in [0.25, 0.3) is 0 Å². The number of aliphatic hydroxyl groups is 2. The Kier molecular flexibility index (Phi) is 12.3. The molecule has 0 saturated heterocycles. The molecule has 0 fully saturated rings. The number of benzene rings is 3. The summed E-state index contributed by atoms with van der Waals surface area (Å²) in [7, 11) is 0. The molecule has 0 aliphatic rings. The second kappa shape index (κ2) is 15.2. The molecule has 0 saturated carbocycles. The molecule has 3 aromatic carbocycles. The maximum atomic E-state index is 9.50. The van der Waals surface area contributed by atoms with Gasteiger partial charge in [-0.3, -0.25) is 0 Å². The Balaban J connectivity index is 0.000000346. The van der Waals surface area contributed by atoms with E-state index in [1.807, 2.05) is 43.3 Å². The predicted molar refractivity (Wildman–Crippen MR) is 146 cm³/mol. The summed E-state index contributed by atoms with van der Waals surface area (Å²) < 4.78 is 11.5. The number of hydrogen-bond acceptors (Lipinski definition) is 5. The van der Waals surface area contributed by atoms with Gasteiger partial charge in [-0.05, 0) is 67.0 Å². The number of aryl methyl sites for hydroxylation is 1. The summed E-state index contributed by atoms with van der Waals surface area (Å²) in [5, 5.41) is 28.0. The van der Waals surface area contributed by atoms with Crippen molar-refractivity contribution in [2.24, 2.45) is 0 Å². The van der Waals surface area contributed by atoms with Gasteiger partial charge < -0.3 is 24.8 Å². The minimum Gasteiger partial charge on any atom is -0.508 e. The smallest absolute Gasteiger partial charge is 0.130 e. The van der Waals surface area contributed by atoms with Crippen molar-refractivity contribution in [2.45, 2.75) is 72.5 Å². The van der Waals surface area contributed by atoms with Crippen molar-refractivity contribution in [1.29, 1.82) is 0 Å². The molecule has 3 aromatic rings. The molecule has 2 unspecified atom stereocenters. The van der Waals surface area contributed by atoms with Gasteiger partial charge in [0.05, 0.1) is 13.2 Å². The highest BCUT2D eigenvalue weighted by Gasteiger charge is 2.11. The third-order valence-corrected chi connectivity index (χ3v) is 6.46. The quantitative estimate of drug-likeness (QED) is 0.254. The zero-order valence-corrected chi connectivity index (χ0v) is 22.3. The lowest BCUT2D eigenvalue weighted by molar-refractivity contribution is 0.202. The lowest BCUT2D eigenvalue weighted by atomic mass is 9.99. The highest BCUT2D eigenvalue weighted by molar-refractivity contribution is 5.44. The zero-order chi connectivity index (χ0) is 26.5. The summed E-state index contributed by atoms with van der Waals surface area (Å²) in [4.78, 5) is 0. The highest BCUT2D eigenvalue weighted by Crippen LogP contribution is 2.27. The number of ether oxygens (including phenoxy) is 2. The van der Waals surface area contributed by atoms with E-state index in [4.69, 9.17) is 14.6 Å². The molecule has 0 heterocycles. The number of aliphatic hydroxyl groups excluding tert-OH is 2. The third kappa shape index (κ3) is 8.89. The van der Waals surface area contributed by atoms with Crippen LogP contribution in [0.5, 0.6) is 17.2 Å². The molecule has 5 nitrogen and oxygen atoms in total. The van der Waals surface area contributed by atoms with Gasteiger partial charge in [0.1, 0.15) is 30.5 Å². The standard InChI is InChI=1S/C21H28O4.C10H14O/c1-4-16(3)17-5-7-20(8-6-17)24-9-10-25-21-18(13-22)11-15(2)12-19(21)14-23;1-3-8(2)9-4-6-10(11)7-5-9/h5-8,11-12,16,22-23H,4,9-10,13-14H2,1-3H3;4-8,11H,3H2,1-2H3. The van der Waals surface area contributed by atoms with Crippen LogP contribution in [-0.4, -0.2) is 28.5 Å². The van der Waals surface area contributed by atoms with Gasteiger partial charge in [0.15, 0.2) is 0 Å². The molecule has 3 rings (SSSR count). The van der Waals surface area contributed by atoms with Gasteiger partial charge in [0, 0.05) is 11.1 Å². The Morgan fingerprint density at radius 1 is 0.694 bits per heavy atom. The van der Waals surface area contributed by atoms with E-state index in [1.54, 1.807) is 12.1 Å². The van der Waals surface area contributed by atoms with Crippen molar-refractivity contribution < 1.29 is 24.8 Å². The topological polar surface area (TPSA) is 79.2 Å². The van der Waals surface area contributed by atoms with Crippen molar-refractivity contribution >= 4 is 0 Å². The van der Waals surface area contributed by atoms with Crippen LogP contribution in [0.1, 0.15) is 80.2 Å². The van der Waals surface area contributed by atoms with E-state index in [-0.39, 0.29) is 13.2 Å². The fraction of sp³-hybridized carbons (Fsp3) is 0.419. The Hall–Kier alpha value is -3.02. The summed E-state index contributed by atoms with van der Waals surface area (Å²) in [6, 6.07) is 19.3. The number of rotatable bonds is 11. The second-order valence-electron chi connectivity index (χ2n) is 9.20. The van der Waals surface area contributed by atoms with Gasteiger partial charge in [-0.1, -0.05) is 69.7 Å². The van der Waals surface area contributed by atoms with Crippen LogP contribution in [-0.2, 0) is 13.2 Å². The van der Waals surface area contributed by atoms with Crippen LogP contribution in [0.2, 0.25) is 0 Å². The second-order valence-corrected chi connectivity index (χ2v) is 9.20. The van der Waals surface area contributed by atoms with Gasteiger partial charge in [0.2, 0.25) is 0 Å². The van der Waals surface area contributed by atoms with Crippen molar-refractivity contribution in [1.82, 2.24) is 0 Å². The average Bonchev–Trinajstić information content (AvgIpc) is 2.91. The maximum absolute atomic E-state index is 9.50. The van der Waals surface area contributed by atoms with Crippen LogP contribution < -0.4 is 9.47 Å². The first-order valence-corrected chi connectivity index (χ1v) is 12.8. The molecule has 0 aliphatic carbocycles. The highest BCUT2D eigenvalue weighted by atomic mass is 16.5. The lowest BCUT2D eigenvalue weighted by Gasteiger charge is -2.16. The molecular formula is C31H42O5. The first-order valence-electron chi connectivity index (χ1n) is 12.8. The van der Waals surface area contributed by atoms with Crippen LogP contribution in [0, 0.1) is 6.92 Å². The molecule has 3 N–H and O–H groups in total. The van der Waals surface area contributed by atoms with Crippen LogP contribution in [0.25, 0.3) is 0 Å². The molecule has 0 spiro atoms. The molecule has 2 atom stereocenters. The molecule has 196 valence electrons. The van der Waals surface area contributed by atoms with E-state index in [0.29, 0.717) is 47.7 Å². The van der Waals surface area contributed by atoms with Crippen LogP contribution >= 0.6 is 0 Å². The van der Waals surface area contributed by atoms with E-state index in [1.165, 1.54) is 11.1 Å². The summed E-state index contributed by atoms with van der Waals surface area (Å²) in [5.74, 6) is 2.84. The molecule has 0 bridgehead atoms. The van der Waals surface area contributed by atoms with Crippen LogP contribution in [0.4, 0.5) is 0 Å².